The molecule has 0 radical (unpaired) electrons. The summed E-state index contributed by atoms with van der Waals surface area (Å²) in [5.41, 5.74) is 3.27. The molecule has 6 heteroatoms. The lowest BCUT2D eigenvalue weighted by atomic mass is 10.1. The topological polar surface area (TPSA) is 63.3 Å². The Morgan fingerprint density at radius 2 is 1.85 bits per heavy atom. The van der Waals surface area contributed by atoms with Crippen molar-refractivity contribution >= 4 is 0 Å². The zero-order valence-corrected chi connectivity index (χ0v) is 14.4. The van der Waals surface area contributed by atoms with Gasteiger partial charge in [0, 0.05) is 17.7 Å². The maximum atomic E-state index is 5.44. The van der Waals surface area contributed by atoms with Crippen LogP contribution >= 0.6 is 0 Å². The molecule has 2 aliphatic rings. The highest BCUT2D eigenvalue weighted by Crippen LogP contribution is 2.35. The van der Waals surface area contributed by atoms with E-state index in [1.165, 1.54) is 31.5 Å². The Kier molecular flexibility index (Phi) is 3.83. The molecule has 132 valence electrons. The summed E-state index contributed by atoms with van der Waals surface area (Å²) in [5.74, 6) is 2.94. The summed E-state index contributed by atoms with van der Waals surface area (Å²) in [4.78, 5) is 7.17. The van der Waals surface area contributed by atoms with Crippen LogP contribution in [0.2, 0.25) is 0 Å². The number of fused-ring (bicyclic) bond motifs is 1. The molecule has 3 aromatic rings. The van der Waals surface area contributed by atoms with E-state index in [0.717, 1.165) is 35.0 Å². The first-order valence-corrected chi connectivity index (χ1v) is 8.99. The van der Waals surface area contributed by atoms with E-state index in [2.05, 4.69) is 44.3 Å². The summed E-state index contributed by atoms with van der Waals surface area (Å²) in [6.45, 7) is 3.65. The first kappa shape index (κ1) is 15.4. The molecule has 1 N–H and O–H groups in total. The van der Waals surface area contributed by atoms with Gasteiger partial charge in [0.15, 0.2) is 23.1 Å². The van der Waals surface area contributed by atoms with Gasteiger partial charge in [-0.3, -0.25) is 10.00 Å². The Balaban J connectivity index is 1.39. The number of hydrogen-bond acceptors (Lipinski definition) is 5. The molecular formula is C20H20N4O2. The second-order valence-corrected chi connectivity index (χ2v) is 6.76. The number of nitrogens with one attached hydrogen (secondary N) is 1. The fraction of sp³-hybridized carbons (Fsp3) is 0.300. The van der Waals surface area contributed by atoms with Gasteiger partial charge >= 0.3 is 0 Å². The van der Waals surface area contributed by atoms with Gasteiger partial charge in [0.1, 0.15) is 0 Å². The number of likely N-dealkylation sites (tertiary alicyclic amines) is 1. The van der Waals surface area contributed by atoms with Gasteiger partial charge in [-0.1, -0.05) is 18.2 Å². The SMILES string of the molecule is c1cc(CN2CCCC2)cc(-c2n[nH]c(-c3ccc4c(c3)OCO4)n2)c1. The third-order valence-electron chi connectivity index (χ3n) is 4.92. The number of rotatable bonds is 4. The Bertz CT molecular complexity index is 931. The van der Waals surface area contributed by atoms with Crippen molar-refractivity contribution in [1.82, 2.24) is 20.1 Å². The molecule has 0 spiro atoms. The lowest BCUT2D eigenvalue weighted by Crippen LogP contribution is -2.18. The second-order valence-electron chi connectivity index (χ2n) is 6.76. The predicted molar refractivity (Wildman–Crippen MR) is 97.9 cm³/mol. The average Bonchev–Trinajstić information content (AvgIpc) is 3.42. The summed E-state index contributed by atoms with van der Waals surface area (Å²) in [6.07, 6.45) is 2.61. The van der Waals surface area contributed by atoms with E-state index < -0.39 is 0 Å². The van der Waals surface area contributed by atoms with Crippen LogP contribution in [0, 0.1) is 0 Å². The average molecular weight is 348 g/mol. The van der Waals surface area contributed by atoms with Crippen LogP contribution in [-0.4, -0.2) is 40.0 Å². The lowest BCUT2D eigenvalue weighted by molar-refractivity contribution is 0.174. The number of aromatic amines is 1. The quantitative estimate of drug-likeness (QED) is 0.782. The van der Waals surface area contributed by atoms with Gasteiger partial charge in [0.25, 0.3) is 0 Å². The number of hydrogen-bond donors (Lipinski definition) is 1. The Morgan fingerprint density at radius 1 is 0.962 bits per heavy atom. The molecule has 3 heterocycles. The van der Waals surface area contributed by atoms with Crippen LogP contribution in [0.15, 0.2) is 42.5 Å². The van der Waals surface area contributed by atoms with E-state index in [0.29, 0.717) is 5.82 Å². The molecular weight excluding hydrogens is 328 g/mol. The Morgan fingerprint density at radius 3 is 2.77 bits per heavy atom. The summed E-state index contributed by atoms with van der Waals surface area (Å²) in [6, 6.07) is 14.3. The van der Waals surface area contributed by atoms with Crippen LogP contribution in [0.25, 0.3) is 22.8 Å². The van der Waals surface area contributed by atoms with Crippen molar-refractivity contribution in [1.29, 1.82) is 0 Å². The highest BCUT2D eigenvalue weighted by atomic mass is 16.7. The van der Waals surface area contributed by atoms with Gasteiger partial charge in [-0.25, -0.2) is 4.98 Å². The largest absolute Gasteiger partial charge is 0.454 e. The van der Waals surface area contributed by atoms with Gasteiger partial charge in [-0.05, 0) is 55.8 Å². The Labute approximate surface area is 151 Å². The number of benzene rings is 2. The summed E-state index contributed by atoms with van der Waals surface area (Å²) >= 11 is 0. The normalized spacial score (nSPS) is 16.3. The second kappa shape index (κ2) is 6.46. The van der Waals surface area contributed by atoms with Gasteiger partial charge < -0.3 is 9.47 Å². The maximum Gasteiger partial charge on any atom is 0.231 e. The highest BCUT2D eigenvalue weighted by Gasteiger charge is 2.16. The smallest absolute Gasteiger partial charge is 0.231 e. The fourth-order valence-electron chi connectivity index (χ4n) is 3.57. The van der Waals surface area contributed by atoms with Crippen molar-refractivity contribution in [3.63, 3.8) is 0 Å². The van der Waals surface area contributed by atoms with E-state index >= 15 is 0 Å². The molecule has 0 saturated carbocycles. The number of ether oxygens (including phenoxy) is 2. The summed E-state index contributed by atoms with van der Waals surface area (Å²) in [5, 5.41) is 7.44. The van der Waals surface area contributed by atoms with E-state index in [-0.39, 0.29) is 6.79 Å². The molecule has 26 heavy (non-hydrogen) atoms. The van der Waals surface area contributed by atoms with Crippen molar-refractivity contribution in [3.8, 4) is 34.3 Å². The summed E-state index contributed by atoms with van der Waals surface area (Å²) < 4.78 is 10.8. The minimum atomic E-state index is 0.268. The standard InChI is InChI=1S/C20H20N4O2/c1-2-9-24(8-1)12-14-4-3-5-15(10-14)19-21-20(23-22-19)16-6-7-17-18(11-16)26-13-25-17/h3-7,10-11H,1-2,8-9,12-13H2,(H,21,22,23). The predicted octanol–water partition coefficient (Wildman–Crippen LogP) is 3.46. The number of H-pyrrole nitrogens is 1. The maximum absolute atomic E-state index is 5.44. The van der Waals surface area contributed by atoms with Crippen molar-refractivity contribution in [2.75, 3.05) is 19.9 Å². The molecule has 0 amide bonds. The molecule has 1 saturated heterocycles. The molecule has 0 aliphatic carbocycles. The van der Waals surface area contributed by atoms with Crippen LogP contribution in [-0.2, 0) is 6.54 Å². The minimum absolute atomic E-state index is 0.268. The zero-order chi connectivity index (χ0) is 17.3. The first-order chi connectivity index (χ1) is 12.8. The van der Waals surface area contributed by atoms with Gasteiger partial charge in [0.2, 0.25) is 6.79 Å². The van der Waals surface area contributed by atoms with Crippen LogP contribution in [0.1, 0.15) is 18.4 Å². The molecule has 2 aliphatic heterocycles. The molecule has 0 bridgehead atoms. The third-order valence-corrected chi connectivity index (χ3v) is 4.92. The molecule has 5 rings (SSSR count). The van der Waals surface area contributed by atoms with E-state index in [4.69, 9.17) is 9.47 Å². The molecule has 1 fully saturated rings. The van der Waals surface area contributed by atoms with Gasteiger partial charge in [-0.15, -0.1) is 0 Å². The third kappa shape index (κ3) is 2.93. The molecule has 6 nitrogen and oxygen atoms in total. The van der Waals surface area contributed by atoms with Crippen molar-refractivity contribution < 1.29 is 9.47 Å². The van der Waals surface area contributed by atoms with E-state index in [1.54, 1.807) is 0 Å². The number of nitrogens with zero attached hydrogens (tertiary/aromatic N) is 3. The first-order valence-electron chi connectivity index (χ1n) is 8.99. The van der Waals surface area contributed by atoms with E-state index in [1.807, 2.05) is 18.2 Å². The van der Waals surface area contributed by atoms with Crippen molar-refractivity contribution in [3.05, 3.63) is 48.0 Å². The zero-order valence-electron chi connectivity index (χ0n) is 14.4. The number of aromatic nitrogens is 3. The van der Waals surface area contributed by atoms with Gasteiger partial charge in [0.05, 0.1) is 0 Å². The van der Waals surface area contributed by atoms with Crippen LogP contribution in [0.4, 0.5) is 0 Å². The molecule has 0 unspecified atom stereocenters. The monoisotopic (exact) mass is 348 g/mol. The summed E-state index contributed by atoms with van der Waals surface area (Å²) in [7, 11) is 0. The molecule has 1 aromatic heterocycles. The van der Waals surface area contributed by atoms with Crippen molar-refractivity contribution in [2.45, 2.75) is 19.4 Å². The molecule has 2 aromatic carbocycles. The highest BCUT2D eigenvalue weighted by molar-refractivity contribution is 5.64. The fourth-order valence-corrected chi connectivity index (χ4v) is 3.57. The van der Waals surface area contributed by atoms with Crippen molar-refractivity contribution in [2.24, 2.45) is 0 Å². The lowest BCUT2D eigenvalue weighted by Gasteiger charge is -2.14. The van der Waals surface area contributed by atoms with Crippen LogP contribution < -0.4 is 9.47 Å². The minimum Gasteiger partial charge on any atom is -0.454 e. The van der Waals surface area contributed by atoms with E-state index in [9.17, 15) is 0 Å². The van der Waals surface area contributed by atoms with Crippen LogP contribution in [0.5, 0.6) is 11.5 Å². The Hall–Kier alpha value is -2.86. The molecule has 0 atom stereocenters. The van der Waals surface area contributed by atoms with Gasteiger partial charge in [-0.2, -0.15) is 5.10 Å². The van der Waals surface area contributed by atoms with Crippen LogP contribution in [0.3, 0.4) is 0 Å².